The fraction of sp³-hybridized carbons (Fsp3) is 0.429. The Balaban J connectivity index is 1.75. The molecule has 2 aromatic rings. The van der Waals surface area contributed by atoms with Crippen molar-refractivity contribution in [3.05, 3.63) is 46.3 Å². The van der Waals surface area contributed by atoms with Gasteiger partial charge in [0.2, 0.25) is 5.91 Å². The van der Waals surface area contributed by atoms with Gasteiger partial charge in [0.05, 0.1) is 22.8 Å². The topological polar surface area (TPSA) is 89.5 Å². The molecule has 29 heavy (non-hydrogen) atoms. The molecule has 0 aliphatic heterocycles. The number of benzene rings is 1. The fourth-order valence-corrected chi connectivity index (χ4v) is 6.10. The lowest BCUT2D eigenvalue weighted by molar-refractivity contribution is -0.115. The molecule has 6 nitrogen and oxygen atoms in total. The van der Waals surface area contributed by atoms with Crippen LogP contribution < -0.4 is 5.32 Å². The summed E-state index contributed by atoms with van der Waals surface area (Å²) in [7, 11) is -3.54. The number of sulfone groups is 1. The van der Waals surface area contributed by atoms with E-state index in [9.17, 15) is 18.0 Å². The van der Waals surface area contributed by atoms with E-state index >= 15 is 0 Å². The van der Waals surface area contributed by atoms with Crippen molar-refractivity contribution in [2.24, 2.45) is 5.92 Å². The van der Waals surface area contributed by atoms with Crippen LogP contribution in [0.5, 0.6) is 0 Å². The third kappa shape index (κ3) is 5.05. The molecule has 0 radical (unpaired) electrons. The molecule has 1 aliphatic rings. The molecule has 0 spiro atoms. The Kier molecular flexibility index (Phi) is 6.74. The molecule has 156 valence electrons. The number of carbonyl (C=O) groups excluding carboxylic acids is 2. The number of anilines is 1. The maximum atomic E-state index is 12.5. The van der Waals surface area contributed by atoms with Gasteiger partial charge in [-0.25, -0.2) is 13.2 Å². The van der Waals surface area contributed by atoms with Gasteiger partial charge in [-0.15, -0.1) is 11.3 Å². The summed E-state index contributed by atoms with van der Waals surface area (Å²) in [5.74, 6) is -0.635. The monoisotopic (exact) mass is 435 g/mol. The Labute approximate surface area is 175 Å². The minimum atomic E-state index is -3.54. The van der Waals surface area contributed by atoms with Gasteiger partial charge in [0, 0.05) is 11.3 Å². The lowest BCUT2D eigenvalue weighted by atomic mass is 9.88. The standard InChI is InChI=1S/C21H25NO5S2/c1-3-27-21(24)19-16-10-9-14(2)13-17(16)28-20(19)22-18(23)11-12-29(25,26)15-7-5-4-6-8-15/h4-8,14H,3,9-13H2,1-2H3,(H,22,23). The van der Waals surface area contributed by atoms with E-state index in [0.29, 0.717) is 16.5 Å². The molecule has 0 bridgehead atoms. The molecular weight excluding hydrogens is 410 g/mol. The minimum absolute atomic E-state index is 0.182. The second kappa shape index (κ2) is 9.09. The quantitative estimate of drug-likeness (QED) is 0.667. The number of thiophene rings is 1. The van der Waals surface area contributed by atoms with Crippen molar-refractivity contribution in [2.75, 3.05) is 17.7 Å². The first kappa shape index (κ1) is 21.5. The van der Waals surface area contributed by atoms with E-state index in [4.69, 9.17) is 4.74 Å². The normalized spacial score (nSPS) is 16.1. The SMILES string of the molecule is CCOC(=O)c1c(NC(=O)CCS(=O)(=O)c2ccccc2)sc2c1CCC(C)C2. The second-order valence-corrected chi connectivity index (χ2v) is 10.4. The number of fused-ring (bicyclic) bond motifs is 1. The summed E-state index contributed by atoms with van der Waals surface area (Å²) in [6.07, 6.45) is 2.45. The van der Waals surface area contributed by atoms with Crippen LogP contribution >= 0.6 is 11.3 Å². The average Bonchev–Trinajstić information content (AvgIpc) is 3.04. The molecule has 1 amide bonds. The zero-order chi connectivity index (χ0) is 21.0. The van der Waals surface area contributed by atoms with Crippen LogP contribution in [0.1, 0.15) is 47.5 Å². The number of rotatable bonds is 7. The summed E-state index contributed by atoms with van der Waals surface area (Å²) in [5.41, 5.74) is 1.39. The highest BCUT2D eigenvalue weighted by Gasteiger charge is 2.29. The van der Waals surface area contributed by atoms with Crippen molar-refractivity contribution in [1.29, 1.82) is 0 Å². The van der Waals surface area contributed by atoms with Crippen LogP contribution in [0.2, 0.25) is 0 Å². The van der Waals surface area contributed by atoms with Crippen LogP contribution in [0.25, 0.3) is 0 Å². The molecular formula is C21H25NO5S2. The highest BCUT2D eigenvalue weighted by molar-refractivity contribution is 7.91. The average molecular weight is 436 g/mol. The first-order valence-corrected chi connectivity index (χ1v) is 12.2. The molecule has 1 N–H and O–H groups in total. The van der Waals surface area contributed by atoms with Gasteiger partial charge in [0.25, 0.3) is 0 Å². The number of ether oxygens (including phenoxy) is 1. The van der Waals surface area contributed by atoms with Crippen LogP contribution in [0.15, 0.2) is 35.2 Å². The van der Waals surface area contributed by atoms with E-state index in [1.54, 1.807) is 25.1 Å². The van der Waals surface area contributed by atoms with E-state index in [-0.39, 0.29) is 23.7 Å². The third-order valence-electron chi connectivity index (χ3n) is 4.94. The summed E-state index contributed by atoms with van der Waals surface area (Å²) in [6.45, 7) is 4.16. The fourth-order valence-electron chi connectivity index (χ4n) is 3.42. The summed E-state index contributed by atoms with van der Waals surface area (Å²) >= 11 is 1.40. The summed E-state index contributed by atoms with van der Waals surface area (Å²) in [6, 6.07) is 8.06. The molecule has 3 rings (SSSR count). The van der Waals surface area contributed by atoms with Crippen molar-refractivity contribution < 1.29 is 22.7 Å². The second-order valence-electron chi connectivity index (χ2n) is 7.21. The summed E-state index contributed by atoms with van der Waals surface area (Å²) in [5, 5.41) is 3.22. The molecule has 1 aromatic carbocycles. The predicted octanol–water partition coefficient (Wildman–Crippen LogP) is 3.85. The molecule has 1 aliphatic carbocycles. The largest absolute Gasteiger partial charge is 0.462 e. The molecule has 1 heterocycles. The Morgan fingerprint density at radius 2 is 1.97 bits per heavy atom. The molecule has 1 unspecified atom stereocenters. The maximum absolute atomic E-state index is 12.5. The predicted molar refractivity (Wildman–Crippen MR) is 113 cm³/mol. The van der Waals surface area contributed by atoms with E-state index in [2.05, 4.69) is 12.2 Å². The van der Waals surface area contributed by atoms with E-state index in [1.165, 1.54) is 23.5 Å². The van der Waals surface area contributed by atoms with Crippen molar-refractivity contribution >= 4 is 38.1 Å². The van der Waals surface area contributed by atoms with E-state index in [0.717, 1.165) is 29.7 Å². The zero-order valence-corrected chi connectivity index (χ0v) is 18.2. The smallest absolute Gasteiger partial charge is 0.341 e. The summed E-state index contributed by atoms with van der Waals surface area (Å²) in [4.78, 5) is 26.3. The van der Waals surface area contributed by atoms with Crippen molar-refractivity contribution in [3.63, 3.8) is 0 Å². The van der Waals surface area contributed by atoms with Gasteiger partial charge in [0.15, 0.2) is 9.84 Å². The summed E-state index contributed by atoms with van der Waals surface area (Å²) < 4.78 is 30.0. The van der Waals surface area contributed by atoms with Crippen molar-refractivity contribution in [3.8, 4) is 0 Å². The van der Waals surface area contributed by atoms with Crippen LogP contribution in [0.3, 0.4) is 0 Å². The molecule has 1 aromatic heterocycles. The molecule has 8 heteroatoms. The molecule has 0 saturated heterocycles. The molecule has 0 saturated carbocycles. The van der Waals surface area contributed by atoms with E-state index < -0.39 is 21.7 Å². The molecule has 1 atom stereocenters. The van der Waals surface area contributed by atoms with Crippen LogP contribution in [-0.2, 0) is 32.2 Å². The highest BCUT2D eigenvalue weighted by atomic mass is 32.2. The van der Waals surface area contributed by atoms with E-state index in [1.807, 2.05) is 0 Å². The third-order valence-corrected chi connectivity index (χ3v) is 7.85. The van der Waals surface area contributed by atoms with Crippen LogP contribution in [-0.4, -0.2) is 32.7 Å². The van der Waals surface area contributed by atoms with Gasteiger partial charge in [-0.2, -0.15) is 0 Å². The lowest BCUT2D eigenvalue weighted by Crippen LogP contribution is -2.19. The number of carbonyl (C=O) groups is 2. The first-order chi connectivity index (χ1) is 13.8. The number of esters is 1. The Morgan fingerprint density at radius 3 is 2.66 bits per heavy atom. The lowest BCUT2D eigenvalue weighted by Gasteiger charge is -2.18. The number of hydrogen-bond donors (Lipinski definition) is 1. The van der Waals surface area contributed by atoms with Gasteiger partial charge < -0.3 is 10.1 Å². The Bertz CT molecular complexity index is 996. The zero-order valence-electron chi connectivity index (χ0n) is 16.6. The Hall–Kier alpha value is -2.19. The number of hydrogen-bond acceptors (Lipinski definition) is 6. The Morgan fingerprint density at radius 1 is 1.24 bits per heavy atom. The number of amides is 1. The van der Waals surface area contributed by atoms with Gasteiger partial charge in [-0.3, -0.25) is 4.79 Å². The first-order valence-electron chi connectivity index (χ1n) is 9.71. The number of nitrogens with one attached hydrogen (secondary N) is 1. The van der Waals surface area contributed by atoms with Crippen LogP contribution in [0, 0.1) is 5.92 Å². The molecule has 0 fully saturated rings. The minimum Gasteiger partial charge on any atom is -0.462 e. The van der Waals surface area contributed by atoms with Crippen LogP contribution in [0.4, 0.5) is 5.00 Å². The van der Waals surface area contributed by atoms with Gasteiger partial charge >= 0.3 is 5.97 Å². The highest BCUT2D eigenvalue weighted by Crippen LogP contribution is 2.40. The van der Waals surface area contributed by atoms with Crippen molar-refractivity contribution in [2.45, 2.75) is 44.4 Å². The van der Waals surface area contributed by atoms with Gasteiger partial charge in [0.1, 0.15) is 5.00 Å². The van der Waals surface area contributed by atoms with Crippen molar-refractivity contribution in [1.82, 2.24) is 0 Å². The van der Waals surface area contributed by atoms with Gasteiger partial charge in [-0.05, 0) is 49.8 Å². The van der Waals surface area contributed by atoms with Gasteiger partial charge in [-0.1, -0.05) is 25.1 Å². The maximum Gasteiger partial charge on any atom is 0.341 e.